The number of piperazine rings is 1. The number of carbonyl (C=O) groups excluding carboxylic acids is 2. The highest BCUT2D eigenvalue weighted by molar-refractivity contribution is 5.94. The summed E-state index contributed by atoms with van der Waals surface area (Å²) in [5.74, 6) is 1.12. The fraction of sp³-hybridized carbons (Fsp3) is 0.462. The maximum absolute atomic E-state index is 13.6. The summed E-state index contributed by atoms with van der Waals surface area (Å²) < 4.78 is 5.58. The van der Waals surface area contributed by atoms with Crippen LogP contribution in [-0.4, -0.2) is 73.4 Å². The predicted octanol–water partition coefficient (Wildman–Crippen LogP) is 3.45. The molecular weight excluding hydrogens is 402 g/mol. The SMILES string of the molecule is COc1ccccc1[C@@H]1CN(C(=O)C2(C)CCN(C(=O)c3ccccc3)CC2)CCN1C. The Morgan fingerprint density at radius 1 is 0.906 bits per heavy atom. The number of hydrogen-bond acceptors (Lipinski definition) is 4. The van der Waals surface area contributed by atoms with Crippen molar-refractivity contribution in [2.75, 3.05) is 46.9 Å². The Kier molecular flexibility index (Phi) is 6.51. The van der Waals surface area contributed by atoms with Crippen molar-refractivity contribution in [2.45, 2.75) is 25.8 Å². The second kappa shape index (κ2) is 9.33. The lowest BCUT2D eigenvalue weighted by Crippen LogP contribution is -2.55. The van der Waals surface area contributed by atoms with E-state index in [0.29, 0.717) is 38.0 Å². The first kappa shape index (κ1) is 22.3. The van der Waals surface area contributed by atoms with Crippen LogP contribution in [0.4, 0.5) is 0 Å². The first-order valence-electron chi connectivity index (χ1n) is 11.4. The Bertz CT molecular complexity index is 954. The van der Waals surface area contributed by atoms with E-state index < -0.39 is 5.41 Å². The monoisotopic (exact) mass is 435 g/mol. The van der Waals surface area contributed by atoms with Crippen LogP contribution < -0.4 is 4.74 Å². The zero-order valence-corrected chi connectivity index (χ0v) is 19.3. The number of benzene rings is 2. The molecule has 4 rings (SSSR count). The molecule has 6 nitrogen and oxygen atoms in total. The minimum absolute atomic E-state index is 0.0518. The van der Waals surface area contributed by atoms with Gasteiger partial charge in [0.2, 0.25) is 5.91 Å². The smallest absolute Gasteiger partial charge is 0.253 e. The molecule has 2 fully saturated rings. The third kappa shape index (κ3) is 4.37. The summed E-state index contributed by atoms with van der Waals surface area (Å²) in [6.45, 7) is 5.49. The van der Waals surface area contributed by atoms with E-state index in [-0.39, 0.29) is 17.9 Å². The summed E-state index contributed by atoms with van der Waals surface area (Å²) in [6.07, 6.45) is 1.38. The van der Waals surface area contributed by atoms with E-state index >= 15 is 0 Å². The van der Waals surface area contributed by atoms with Crippen molar-refractivity contribution in [3.05, 3.63) is 65.7 Å². The van der Waals surface area contributed by atoms with E-state index in [9.17, 15) is 9.59 Å². The molecule has 0 saturated carbocycles. The van der Waals surface area contributed by atoms with Crippen LogP contribution >= 0.6 is 0 Å². The first-order chi connectivity index (χ1) is 15.4. The van der Waals surface area contributed by atoms with Gasteiger partial charge in [0.1, 0.15) is 5.75 Å². The van der Waals surface area contributed by atoms with Gasteiger partial charge in [0.25, 0.3) is 5.91 Å². The molecule has 0 N–H and O–H groups in total. The molecule has 2 aliphatic rings. The Balaban J connectivity index is 1.43. The molecule has 0 bridgehead atoms. The second-order valence-corrected chi connectivity index (χ2v) is 9.21. The lowest BCUT2D eigenvalue weighted by Gasteiger charge is -2.45. The van der Waals surface area contributed by atoms with Crippen LogP contribution in [0, 0.1) is 5.41 Å². The van der Waals surface area contributed by atoms with Crippen LogP contribution in [0.15, 0.2) is 54.6 Å². The third-order valence-electron chi connectivity index (χ3n) is 7.12. The van der Waals surface area contributed by atoms with Gasteiger partial charge in [-0.05, 0) is 38.1 Å². The maximum Gasteiger partial charge on any atom is 0.253 e. The maximum atomic E-state index is 13.6. The second-order valence-electron chi connectivity index (χ2n) is 9.21. The summed E-state index contributed by atoms with van der Waals surface area (Å²) in [6, 6.07) is 17.5. The molecule has 170 valence electrons. The molecule has 2 amide bonds. The Morgan fingerprint density at radius 2 is 1.56 bits per heavy atom. The minimum atomic E-state index is -0.436. The molecule has 0 unspecified atom stereocenters. The van der Waals surface area contributed by atoms with Crippen LogP contribution in [0.2, 0.25) is 0 Å². The molecule has 2 saturated heterocycles. The molecule has 2 aromatic rings. The Hall–Kier alpha value is -2.86. The van der Waals surface area contributed by atoms with Gasteiger partial charge >= 0.3 is 0 Å². The van der Waals surface area contributed by atoms with Gasteiger partial charge in [-0.3, -0.25) is 14.5 Å². The third-order valence-corrected chi connectivity index (χ3v) is 7.12. The van der Waals surface area contributed by atoms with Gasteiger partial charge in [-0.15, -0.1) is 0 Å². The van der Waals surface area contributed by atoms with Gasteiger partial charge in [0.05, 0.1) is 13.2 Å². The largest absolute Gasteiger partial charge is 0.496 e. The molecule has 32 heavy (non-hydrogen) atoms. The standard InChI is InChI=1S/C26H33N3O3/c1-26(13-15-28(16-14-26)24(30)20-9-5-4-6-10-20)25(31)29-18-17-27(2)22(19-29)21-11-7-8-12-23(21)32-3/h4-12,22H,13-19H2,1-3H3/t22-/m0/s1. The van der Waals surface area contributed by atoms with Crippen LogP contribution in [0.1, 0.15) is 41.7 Å². The highest BCUT2D eigenvalue weighted by Gasteiger charge is 2.42. The van der Waals surface area contributed by atoms with Gasteiger partial charge in [-0.2, -0.15) is 0 Å². The van der Waals surface area contributed by atoms with Crippen molar-refractivity contribution in [3.63, 3.8) is 0 Å². The van der Waals surface area contributed by atoms with Gasteiger partial charge in [0.15, 0.2) is 0 Å². The number of hydrogen-bond donors (Lipinski definition) is 0. The van der Waals surface area contributed by atoms with Crippen LogP contribution in [0.5, 0.6) is 5.75 Å². The van der Waals surface area contributed by atoms with Gasteiger partial charge < -0.3 is 14.5 Å². The van der Waals surface area contributed by atoms with Crippen molar-refractivity contribution in [2.24, 2.45) is 5.41 Å². The fourth-order valence-corrected chi connectivity index (χ4v) is 4.90. The number of piperidine rings is 1. The number of amides is 2. The van der Waals surface area contributed by atoms with Crippen LogP contribution in [0.25, 0.3) is 0 Å². The summed E-state index contributed by atoms with van der Waals surface area (Å²) in [5, 5.41) is 0. The number of methoxy groups -OCH3 is 1. The number of nitrogens with zero attached hydrogens (tertiary/aromatic N) is 3. The Labute approximate surface area is 190 Å². The topological polar surface area (TPSA) is 53.1 Å². The fourth-order valence-electron chi connectivity index (χ4n) is 4.90. The number of ether oxygens (including phenoxy) is 1. The summed E-state index contributed by atoms with van der Waals surface area (Å²) in [7, 11) is 3.80. The molecule has 2 aliphatic heterocycles. The number of carbonyl (C=O) groups is 2. The number of para-hydroxylation sites is 1. The zero-order chi connectivity index (χ0) is 22.7. The van der Waals surface area contributed by atoms with E-state index in [4.69, 9.17) is 4.74 Å². The van der Waals surface area contributed by atoms with E-state index in [2.05, 4.69) is 24.9 Å². The molecule has 0 spiro atoms. The molecule has 0 aliphatic carbocycles. The molecule has 6 heteroatoms. The average molecular weight is 436 g/mol. The molecule has 0 aromatic heterocycles. The number of likely N-dealkylation sites (N-methyl/N-ethyl adjacent to an activating group) is 1. The van der Waals surface area contributed by atoms with E-state index in [0.717, 1.165) is 24.4 Å². The Morgan fingerprint density at radius 3 is 2.25 bits per heavy atom. The van der Waals surface area contributed by atoms with E-state index in [1.165, 1.54) is 0 Å². The molecule has 0 radical (unpaired) electrons. The van der Waals surface area contributed by atoms with Crippen LogP contribution in [-0.2, 0) is 4.79 Å². The highest BCUT2D eigenvalue weighted by Crippen LogP contribution is 2.37. The van der Waals surface area contributed by atoms with Crippen molar-refractivity contribution in [1.29, 1.82) is 0 Å². The molecule has 2 heterocycles. The summed E-state index contributed by atoms with van der Waals surface area (Å²) >= 11 is 0. The average Bonchev–Trinajstić information content (AvgIpc) is 2.84. The molecule has 2 aromatic carbocycles. The van der Waals surface area contributed by atoms with E-state index in [1.807, 2.05) is 58.3 Å². The number of rotatable bonds is 4. The quantitative estimate of drug-likeness (QED) is 0.738. The lowest BCUT2D eigenvalue weighted by molar-refractivity contribution is -0.146. The zero-order valence-electron chi connectivity index (χ0n) is 19.3. The number of likely N-dealkylation sites (tertiary alicyclic amines) is 1. The minimum Gasteiger partial charge on any atom is -0.496 e. The van der Waals surface area contributed by atoms with Crippen molar-refractivity contribution >= 4 is 11.8 Å². The van der Waals surface area contributed by atoms with Crippen molar-refractivity contribution in [3.8, 4) is 5.75 Å². The van der Waals surface area contributed by atoms with Crippen molar-refractivity contribution in [1.82, 2.24) is 14.7 Å². The summed E-state index contributed by atoms with van der Waals surface area (Å²) in [4.78, 5) is 32.6. The first-order valence-corrected chi connectivity index (χ1v) is 11.4. The highest BCUT2D eigenvalue weighted by atomic mass is 16.5. The van der Waals surface area contributed by atoms with E-state index in [1.54, 1.807) is 7.11 Å². The normalized spacial score (nSPS) is 21.3. The van der Waals surface area contributed by atoms with Gasteiger partial charge in [-0.1, -0.05) is 43.3 Å². The summed E-state index contributed by atoms with van der Waals surface area (Å²) in [5.41, 5.74) is 1.39. The van der Waals surface area contributed by atoms with Gasteiger partial charge in [-0.25, -0.2) is 0 Å². The molecular formula is C26H33N3O3. The van der Waals surface area contributed by atoms with Gasteiger partial charge in [0, 0.05) is 49.3 Å². The predicted molar refractivity (Wildman–Crippen MR) is 125 cm³/mol. The lowest BCUT2D eigenvalue weighted by atomic mass is 9.78. The molecule has 1 atom stereocenters. The van der Waals surface area contributed by atoms with Crippen LogP contribution in [0.3, 0.4) is 0 Å². The van der Waals surface area contributed by atoms with Crippen molar-refractivity contribution < 1.29 is 14.3 Å².